The largest absolute Gasteiger partial charge is 0.496 e. The monoisotopic (exact) mass is 280 g/mol. The van der Waals surface area contributed by atoms with Crippen LogP contribution >= 0.6 is 0 Å². The summed E-state index contributed by atoms with van der Waals surface area (Å²) in [5, 5.41) is 6.13. The van der Waals surface area contributed by atoms with E-state index in [4.69, 9.17) is 14.2 Å². The third-order valence-electron chi connectivity index (χ3n) is 3.36. The first-order valence-corrected chi connectivity index (χ1v) is 6.47. The number of carbonyl (C=O) groups excluding carboxylic acids is 1. The molecule has 1 saturated heterocycles. The molecule has 0 aromatic heterocycles. The Bertz CT molecular complexity index is 465. The van der Waals surface area contributed by atoms with Gasteiger partial charge in [-0.2, -0.15) is 0 Å². The lowest BCUT2D eigenvalue weighted by molar-refractivity contribution is -0.119. The van der Waals surface area contributed by atoms with Crippen LogP contribution in [-0.4, -0.2) is 39.8 Å². The van der Waals surface area contributed by atoms with Crippen molar-refractivity contribution in [2.45, 2.75) is 19.0 Å². The Morgan fingerprint density at radius 1 is 1.20 bits per heavy atom. The number of hydrogen-bond acceptors (Lipinski definition) is 5. The van der Waals surface area contributed by atoms with Crippen molar-refractivity contribution in [1.29, 1.82) is 0 Å². The van der Waals surface area contributed by atoms with Crippen molar-refractivity contribution >= 4 is 5.91 Å². The molecule has 2 N–H and O–H groups in total. The molecule has 1 aromatic carbocycles. The minimum atomic E-state index is 0.0798. The van der Waals surface area contributed by atoms with Crippen molar-refractivity contribution in [2.75, 3.05) is 27.9 Å². The third-order valence-corrected chi connectivity index (χ3v) is 3.36. The lowest BCUT2D eigenvalue weighted by atomic mass is 10.1. The van der Waals surface area contributed by atoms with E-state index >= 15 is 0 Å². The van der Waals surface area contributed by atoms with Crippen molar-refractivity contribution in [3.8, 4) is 17.2 Å². The number of rotatable bonds is 6. The van der Waals surface area contributed by atoms with Gasteiger partial charge < -0.3 is 24.8 Å². The maximum atomic E-state index is 11.2. The molecule has 1 unspecified atom stereocenters. The molecule has 0 saturated carbocycles. The van der Waals surface area contributed by atoms with Gasteiger partial charge in [0.1, 0.15) is 17.2 Å². The third kappa shape index (κ3) is 3.14. The standard InChI is InChI=1S/C14H20N2O4/c1-18-10-5-12(19-2)11(13(6-10)20-3)8-15-9-4-14(17)16-7-9/h5-6,9,15H,4,7-8H2,1-3H3,(H,16,17). The number of methoxy groups -OCH3 is 3. The first kappa shape index (κ1) is 14.5. The molecule has 1 amide bonds. The van der Waals surface area contributed by atoms with Crippen LogP contribution in [0.5, 0.6) is 17.2 Å². The van der Waals surface area contributed by atoms with E-state index in [1.165, 1.54) is 0 Å². The van der Waals surface area contributed by atoms with Crippen LogP contribution < -0.4 is 24.8 Å². The normalized spacial score (nSPS) is 17.8. The van der Waals surface area contributed by atoms with Crippen molar-refractivity contribution in [1.82, 2.24) is 10.6 Å². The lowest BCUT2D eigenvalue weighted by Gasteiger charge is -2.17. The maximum Gasteiger partial charge on any atom is 0.221 e. The summed E-state index contributed by atoms with van der Waals surface area (Å²) in [5.74, 6) is 2.16. The molecule has 2 rings (SSSR count). The smallest absolute Gasteiger partial charge is 0.221 e. The molecule has 1 aliphatic rings. The quantitative estimate of drug-likeness (QED) is 0.802. The Balaban J connectivity index is 2.14. The molecule has 1 atom stereocenters. The van der Waals surface area contributed by atoms with Gasteiger partial charge in [-0.25, -0.2) is 0 Å². The summed E-state index contributed by atoms with van der Waals surface area (Å²) in [7, 11) is 4.82. The molecule has 20 heavy (non-hydrogen) atoms. The topological polar surface area (TPSA) is 68.8 Å². The van der Waals surface area contributed by atoms with Crippen LogP contribution in [0.25, 0.3) is 0 Å². The molecule has 6 nitrogen and oxygen atoms in total. The second kappa shape index (κ2) is 6.47. The Morgan fingerprint density at radius 2 is 1.85 bits per heavy atom. The lowest BCUT2D eigenvalue weighted by Crippen LogP contribution is -2.30. The molecule has 0 radical (unpaired) electrons. The van der Waals surface area contributed by atoms with Gasteiger partial charge in [0.05, 0.1) is 26.9 Å². The van der Waals surface area contributed by atoms with Gasteiger partial charge in [0.15, 0.2) is 0 Å². The molecule has 110 valence electrons. The number of hydrogen-bond donors (Lipinski definition) is 2. The van der Waals surface area contributed by atoms with Gasteiger partial charge in [0.2, 0.25) is 5.91 Å². The number of carbonyl (C=O) groups is 1. The minimum Gasteiger partial charge on any atom is -0.496 e. The Morgan fingerprint density at radius 3 is 2.30 bits per heavy atom. The van der Waals surface area contributed by atoms with Gasteiger partial charge in [-0.1, -0.05) is 0 Å². The second-order valence-corrected chi connectivity index (χ2v) is 4.60. The highest BCUT2D eigenvalue weighted by Crippen LogP contribution is 2.34. The number of nitrogens with one attached hydrogen (secondary N) is 2. The maximum absolute atomic E-state index is 11.2. The first-order chi connectivity index (χ1) is 9.67. The summed E-state index contributed by atoms with van der Waals surface area (Å²) in [6, 6.07) is 3.77. The fraction of sp³-hybridized carbons (Fsp3) is 0.500. The van der Waals surface area contributed by atoms with E-state index in [0.29, 0.717) is 36.8 Å². The molecular formula is C14H20N2O4. The molecule has 6 heteroatoms. The van der Waals surface area contributed by atoms with Crippen molar-refractivity contribution in [3.05, 3.63) is 17.7 Å². The van der Waals surface area contributed by atoms with Crippen LogP contribution in [0, 0.1) is 0 Å². The van der Waals surface area contributed by atoms with Gasteiger partial charge in [0, 0.05) is 37.7 Å². The molecule has 0 bridgehead atoms. The zero-order valence-electron chi connectivity index (χ0n) is 12.0. The Hall–Kier alpha value is -1.95. The van der Waals surface area contributed by atoms with E-state index in [1.54, 1.807) is 21.3 Å². The zero-order valence-corrected chi connectivity index (χ0v) is 12.0. The highest BCUT2D eigenvalue weighted by Gasteiger charge is 2.22. The molecule has 1 fully saturated rings. The summed E-state index contributed by atoms with van der Waals surface area (Å²) < 4.78 is 16.0. The summed E-state index contributed by atoms with van der Waals surface area (Å²) in [6.07, 6.45) is 0.501. The predicted molar refractivity (Wildman–Crippen MR) is 74.4 cm³/mol. The average Bonchev–Trinajstić information content (AvgIpc) is 2.89. The van der Waals surface area contributed by atoms with Crippen LogP contribution in [0.4, 0.5) is 0 Å². The number of amides is 1. The van der Waals surface area contributed by atoms with E-state index < -0.39 is 0 Å². The summed E-state index contributed by atoms with van der Waals surface area (Å²) >= 11 is 0. The van der Waals surface area contributed by atoms with Crippen LogP contribution in [0.15, 0.2) is 12.1 Å². The molecular weight excluding hydrogens is 260 g/mol. The van der Waals surface area contributed by atoms with Gasteiger partial charge in [-0.3, -0.25) is 4.79 Å². The fourth-order valence-electron chi connectivity index (χ4n) is 2.25. The first-order valence-electron chi connectivity index (χ1n) is 6.47. The van der Waals surface area contributed by atoms with Gasteiger partial charge in [-0.05, 0) is 0 Å². The summed E-state index contributed by atoms with van der Waals surface area (Å²) in [4.78, 5) is 11.2. The number of benzene rings is 1. The highest BCUT2D eigenvalue weighted by molar-refractivity contribution is 5.78. The van der Waals surface area contributed by atoms with Crippen molar-refractivity contribution in [3.63, 3.8) is 0 Å². The van der Waals surface area contributed by atoms with Gasteiger partial charge in [-0.15, -0.1) is 0 Å². The highest BCUT2D eigenvalue weighted by atomic mass is 16.5. The van der Waals surface area contributed by atoms with Crippen LogP contribution in [0.3, 0.4) is 0 Å². The van der Waals surface area contributed by atoms with E-state index in [2.05, 4.69) is 10.6 Å². The molecule has 1 heterocycles. The Labute approximate surface area is 118 Å². The Kier molecular flexibility index (Phi) is 4.68. The SMILES string of the molecule is COc1cc(OC)c(CNC2CNC(=O)C2)c(OC)c1. The zero-order chi connectivity index (χ0) is 14.5. The van der Waals surface area contributed by atoms with E-state index in [1.807, 2.05) is 12.1 Å². The van der Waals surface area contributed by atoms with Crippen LogP contribution in [-0.2, 0) is 11.3 Å². The minimum absolute atomic E-state index is 0.0798. The predicted octanol–water partition coefficient (Wildman–Crippen LogP) is 0.690. The van der Waals surface area contributed by atoms with E-state index in [-0.39, 0.29) is 11.9 Å². The van der Waals surface area contributed by atoms with E-state index in [9.17, 15) is 4.79 Å². The second-order valence-electron chi connectivity index (χ2n) is 4.60. The van der Waals surface area contributed by atoms with Gasteiger partial charge >= 0.3 is 0 Å². The summed E-state index contributed by atoms with van der Waals surface area (Å²) in [5.41, 5.74) is 0.912. The van der Waals surface area contributed by atoms with E-state index in [0.717, 1.165) is 5.56 Å². The molecule has 1 aromatic rings. The van der Waals surface area contributed by atoms with Crippen LogP contribution in [0.2, 0.25) is 0 Å². The fourth-order valence-corrected chi connectivity index (χ4v) is 2.25. The van der Waals surface area contributed by atoms with Gasteiger partial charge in [0.25, 0.3) is 0 Å². The number of ether oxygens (including phenoxy) is 3. The van der Waals surface area contributed by atoms with Crippen molar-refractivity contribution < 1.29 is 19.0 Å². The van der Waals surface area contributed by atoms with Crippen LogP contribution in [0.1, 0.15) is 12.0 Å². The summed E-state index contributed by atoms with van der Waals surface area (Å²) in [6.45, 7) is 1.22. The average molecular weight is 280 g/mol. The molecule has 1 aliphatic heterocycles. The molecule has 0 aliphatic carbocycles. The molecule has 0 spiro atoms. The van der Waals surface area contributed by atoms with Crippen molar-refractivity contribution in [2.24, 2.45) is 0 Å².